The molecule has 1 saturated heterocycles. The van der Waals surface area contributed by atoms with Crippen molar-refractivity contribution in [2.24, 2.45) is 0 Å². The van der Waals surface area contributed by atoms with Crippen molar-refractivity contribution < 1.29 is 47.3 Å². The maximum absolute atomic E-state index is 10.4. The number of aromatic hydroxyl groups is 1. The Morgan fingerprint density at radius 3 is 2.28 bits per heavy atom. The Labute approximate surface area is 370 Å². The van der Waals surface area contributed by atoms with Gasteiger partial charge in [-0.1, -0.05) is 114 Å². The Bertz CT molecular complexity index is 1800. The molecular weight excluding hydrogens is 777 g/mol. The molecule has 3 aliphatic rings. The van der Waals surface area contributed by atoms with Gasteiger partial charge in [-0.3, -0.25) is 4.90 Å². The number of piperidine rings is 1. The van der Waals surface area contributed by atoms with E-state index in [0.717, 1.165) is 89.8 Å². The molecular formula is C51H67N2O3Y-. The van der Waals surface area contributed by atoms with Crippen LogP contribution in [0, 0.1) is 25.2 Å². The first-order valence-corrected chi connectivity index (χ1v) is 21.3. The van der Waals surface area contributed by atoms with Gasteiger partial charge in [-0.15, -0.1) is 24.3 Å². The molecule has 57 heavy (non-hydrogen) atoms. The summed E-state index contributed by atoms with van der Waals surface area (Å²) in [5.74, 6) is 1.50. The van der Waals surface area contributed by atoms with Crippen molar-refractivity contribution in [2.45, 2.75) is 123 Å². The quantitative estimate of drug-likeness (QED) is 0.195. The van der Waals surface area contributed by atoms with Gasteiger partial charge in [0.2, 0.25) is 0 Å². The molecule has 0 aromatic heterocycles. The summed E-state index contributed by atoms with van der Waals surface area (Å²) in [5, 5.41) is 19.2. The van der Waals surface area contributed by atoms with Crippen LogP contribution in [0.4, 0.5) is 0 Å². The van der Waals surface area contributed by atoms with Crippen molar-refractivity contribution in [3.63, 3.8) is 0 Å². The molecule has 6 rings (SSSR count). The van der Waals surface area contributed by atoms with E-state index in [2.05, 4.69) is 94.3 Å². The monoisotopic (exact) mass is 844 g/mol. The van der Waals surface area contributed by atoms with Gasteiger partial charge >= 0.3 is 0 Å². The number of hydrogen-bond donors (Lipinski definition) is 1. The van der Waals surface area contributed by atoms with Crippen LogP contribution in [0.2, 0.25) is 0 Å². The van der Waals surface area contributed by atoms with E-state index in [-0.39, 0.29) is 44.6 Å². The molecule has 1 N–H and O–H groups in total. The van der Waals surface area contributed by atoms with Gasteiger partial charge in [-0.25, -0.2) is 0 Å². The Kier molecular flexibility index (Phi) is 22.2. The number of phenols is 1. The first kappa shape index (κ1) is 47.8. The molecule has 6 heteroatoms. The predicted octanol–water partition coefficient (Wildman–Crippen LogP) is 12.9. The van der Waals surface area contributed by atoms with Gasteiger partial charge in [0.25, 0.3) is 0 Å². The van der Waals surface area contributed by atoms with E-state index in [0.29, 0.717) is 12.4 Å². The summed E-state index contributed by atoms with van der Waals surface area (Å²) in [7, 11) is 0. The molecule has 1 atom stereocenters. The number of likely N-dealkylation sites (tertiary alicyclic amines) is 1. The maximum Gasteiger partial charge on any atom is 0.137 e. The van der Waals surface area contributed by atoms with Gasteiger partial charge in [-0.2, -0.15) is 17.7 Å². The summed E-state index contributed by atoms with van der Waals surface area (Å²) in [5.41, 5.74) is 9.43. The summed E-state index contributed by atoms with van der Waals surface area (Å²) in [6.45, 7) is 22.7. The Morgan fingerprint density at radius 2 is 1.63 bits per heavy atom. The predicted molar refractivity (Wildman–Crippen MR) is 236 cm³/mol. The molecule has 1 heterocycles. The second-order valence-corrected chi connectivity index (χ2v) is 15.4. The SMILES string of the molecule is C1CCCCC1.C=Cc1cc(OC2C/C=C\C=C(\c3cccc(OCCN4CCCCC4)c3C)C(=C)CC2)c(O)cc1[CH2-].CCCc1cc(C#N)cc(CC)c1.[Y]. The first-order valence-electron chi connectivity index (χ1n) is 21.3. The van der Waals surface area contributed by atoms with Gasteiger partial charge in [0.15, 0.2) is 0 Å². The van der Waals surface area contributed by atoms with Crippen LogP contribution in [0.3, 0.4) is 0 Å². The van der Waals surface area contributed by atoms with Gasteiger partial charge < -0.3 is 14.6 Å². The molecule has 2 fully saturated rings. The number of nitriles is 1. The van der Waals surface area contributed by atoms with Crippen LogP contribution in [0.15, 0.2) is 85.5 Å². The normalized spacial score (nSPS) is 18.5. The second kappa shape index (κ2) is 26.4. The van der Waals surface area contributed by atoms with E-state index >= 15 is 0 Å². The number of rotatable bonds is 11. The van der Waals surface area contributed by atoms with Crippen LogP contribution in [0.1, 0.15) is 136 Å². The number of allylic oxidation sites excluding steroid dienone is 4. The average Bonchev–Trinajstić information content (AvgIpc) is 3.31. The molecule has 1 aliphatic heterocycles. The zero-order valence-corrected chi connectivity index (χ0v) is 38.1. The summed E-state index contributed by atoms with van der Waals surface area (Å²) in [6, 6.07) is 18.1. The minimum Gasteiger partial charge on any atom is -0.517 e. The van der Waals surface area contributed by atoms with Gasteiger partial charge in [-0.05, 0) is 110 Å². The number of ether oxygens (including phenoxy) is 2. The third kappa shape index (κ3) is 16.0. The molecule has 1 unspecified atom stereocenters. The van der Waals surface area contributed by atoms with Crippen molar-refractivity contribution in [3.05, 3.63) is 131 Å². The molecule has 0 bridgehead atoms. The average molecular weight is 845 g/mol. The third-order valence-corrected chi connectivity index (χ3v) is 11.0. The van der Waals surface area contributed by atoms with E-state index in [9.17, 15) is 5.11 Å². The second-order valence-electron chi connectivity index (χ2n) is 15.4. The van der Waals surface area contributed by atoms with Crippen molar-refractivity contribution in [1.82, 2.24) is 4.90 Å². The molecule has 1 saturated carbocycles. The number of aryl methyl sites for hydroxylation is 2. The molecule has 3 aromatic carbocycles. The summed E-state index contributed by atoms with van der Waals surface area (Å²) in [4.78, 5) is 2.50. The van der Waals surface area contributed by atoms with Crippen molar-refractivity contribution in [1.29, 1.82) is 5.26 Å². The summed E-state index contributed by atoms with van der Waals surface area (Å²) >= 11 is 0. The van der Waals surface area contributed by atoms with E-state index in [1.165, 1.54) is 82.0 Å². The molecule has 3 aromatic rings. The van der Waals surface area contributed by atoms with Crippen molar-refractivity contribution >= 4 is 11.6 Å². The molecule has 0 amide bonds. The summed E-state index contributed by atoms with van der Waals surface area (Å²) in [6.07, 6.45) is 26.5. The van der Waals surface area contributed by atoms with Crippen LogP contribution < -0.4 is 9.47 Å². The number of benzene rings is 3. The zero-order chi connectivity index (χ0) is 40.1. The van der Waals surface area contributed by atoms with E-state index in [4.69, 9.17) is 14.7 Å². The van der Waals surface area contributed by atoms with Crippen molar-refractivity contribution in [3.8, 4) is 23.3 Å². The minimum atomic E-state index is -0.0782. The molecule has 2 aliphatic carbocycles. The smallest absolute Gasteiger partial charge is 0.137 e. The standard InChI is InChI=1S/C33H40NO3.C12H15N.C6H12.Y/c1-5-27-23-33(31(35)22-25(27)3)37-28-12-7-8-13-29(24(2)16-17-28)30-14-11-15-32(26(30)4)36-21-20-34-18-9-6-10-19-34;1-3-5-11-6-10(4-2)7-12(8-11)9-13;1-2-4-6-5-3-1;/h5,7-8,11,13-15,22-23,28,35H,1-3,6,9-10,12,16-21H2,4H3;6-8H,3-5H2,1-2H3;1-6H2;/q-1;;;/b8-7-,29-13+;;;. The molecule has 303 valence electrons. The van der Waals surface area contributed by atoms with Gasteiger partial charge in [0.05, 0.1) is 11.6 Å². The molecule has 1 radical (unpaired) electrons. The minimum absolute atomic E-state index is 0. The number of nitrogens with zero attached hydrogens (tertiary/aromatic N) is 2. The Balaban J connectivity index is 0.000000356. The number of phenolic OH excluding ortho intramolecular Hbond substituents is 1. The summed E-state index contributed by atoms with van der Waals surface area (Å²) < 4.78 is 12.5. The fraction of sp³-hybridized carbons (Fsp3) is 0.451. The Morgan fingerprint density at radius 1 is 0.947 bits per heavy atom. The van der Waals surface area contributed by atoms with Crippen LogP contribution in [-0.4, -0.2) is 42.4 Å². The maximum atomic E-state index is 10.4. The Hall–Kier alpha value is -3.56. The van der Waals surface area contributed by atoms with E-state index in [1.807, 2.05) is 12.1 Å². The fourth-order valence-corrected chi connectivity index (χ4v) is 7.63. The number of hydrogen-bond acceptors (Lipinski definition) is 5. The van der Waals surface area contributed by atoms with Gasteiger partial charge in [0, 0.05) is 45.7 Å². The van der Waals surface area contributed by atoms with Crippen LogP contribution >= 0.6 is 0 Å². The molecule has 5 nitrogen and oxygen atoms in total. The molecule has 0 spiro atoms. The topological polar surface area (TPSA) is 65.7 Å². The van der Waals surface area contributed by atoms with E-state index in [1.54, 1.807) is 18.2 Å². The zero-order valence-electron chi connectivity index (χ0n) is 35.3. The van der Waals surface area contributed by atoms with E-state index < -0.39 is 0 Å². The van der Waals surface area contributed by atoms with Crippen LogP contribution in [0.25, 0.3) is 11.6 Å². The van der Waals surface area contributed by atoms with Crippen LogP contribution in [-0.2, 0) is 45.6 Å². The van der Waals surface area contributed by atoms with Crippen molar-refractivity contribution in [2.75, 3.05) is 26.2 Å². The van der Waals surface area contributed by atoms with Gasteiger partial charge in [0.1, 0.15) is 30.0 Å². The fourth-order valence-electron chi connectivity index (χ4n) is 7.63. The third-order valence-electron chi connectivity index (χ3n) is 11.0. The largest absolute Gasteiger partial charge is 0.517 e. The van der Waals surface area contributed by atoms with Crippen LogP contribution in [0.5, 0.6) is 17.2 Å². The first-order chi connectivity index (χ1) is 27.3.